The van der Waals surface area contributed by atoms with Gasteiger partial charge in [0, 0.05) is 17.1 Å². The fraction of sp³-hybridized carbons (Fsp3) is 0.231. The van der Waals surface area contributed by atoms with E-state index in [-0.39, 0.29) is 11.7 Å². The van der Waals surface area contributed by atoms with Gasteiger partial charge in [-0.05, 0) is 36.2 Å². The number of Topliss-reactive ketones (excluding diaryl/α,β-unsaturated/α-hetero) is 1. The zero-order valence-corrected chi connectivity index (χ0v) is 10.4. The normalized spacial score (nSPS) is 19.6. The predicted octanol–water partition coefficient (Wildman–Crippen LogP) is 2.81. The number of rotatable bonds is 3. The molecule has 0 bridgehead atoms. The molecule has 0 N–H and O–H groups in total. The maximum absolute atomic E-state index is 11.7. The number of hydrogen-bond acceptors (Lipinski definition) is 4. The van der Waals surface area contributed by atoms with Gasteiger partial charge in [0.05, 0.1) is 6.26 Å². The molecule has 1 unspecified atom stereocenters. The summed E-state index contributed by atoms with van der Waals surface area (Å²) in [4.78, 5) is 22.8. The summed E-state index contributed by atoms with van der Waals surface area (Å²) in [6.45, 7) is 3.24. The standard InChI is InChI=1S/C13H12O3S/c1-8(15)12-9(2)16-6-11(5-14)13(12)10-3-4-17-7-10/h3-7,13H,1-2H3. The minimum atomic E-state index is -0.287. The Hall–Kier alpha value is -1.68. The Morgan fingerprint density at radius 2 is 2.29 bits per heavy atom. The summed E-state index contributed by atoms with van der Waals surface area (Å²) in [5, 5.41) is 3.88. The van der Waals surface area contributed by atoms with Crippen LogP contribution in [-0.4, -0.2) is 12.1 Å². The summed E-state index contributed by atoms with van der Waals surface area (Å²) >= 11 is 1.54. The minimum absolute atomic E-state index is 0.0637. The molecule has 1 aromatic heterocycles. The molecule has 0 radical (unpaired) electrons. The van der Waals surface area contributed by atoms with Gasteiger partial charge in [-0.15, -0.1) is 0 Å². The molecule has 1 atom stereocenters. The molecule has 0 aliphatic carbocycles. The second kappa shape index (κ2) is 4.67. The molecule has 0 spiro atoms. The number of thiophene rings is 1. The summed E-state index contributed by atoms with van der Waals surface area (Å²) in [5.41, 5.74) is 2.01. The SMILES string of the molecule is CC(=O)C1=C(C)OC=C(C=O)C1c1ccsc1. The molecule has 0 fully saturated rings. The highest BCUT2D eigenvalue weighted by molar-refractivity contribution is 7.08. The smallest absolute Gasteiger partial charge is 0.160 e. The monoisotopic (exact) mass is 248 g/mol. The largest absolute Gasteiger partial charge is 0.469 e. The van der Waals surface area contributed by atoms with E-state index in [4.69, 9.17) is 4.74 Å². The number of hydrogen-bond donors (Lipinski definition) is 0. The lowest BCUT2D eigenvalue weighted by molar-refractivity contribution is -0.114. The number of aldehydes is 1. The first-order chi connectivity index (χ1) is 8.15. The third kappa shape index (κ3) is 2.08. The average Bonchev–Trinajstić information content (AvgIpc) is 2.81. The lowest BCUT2D eigenvalue weighted by atomic mass is 9.83. The van der Waals surface area contributed by atoms with Crippen LogP contribution < -0.4 is 0 Å². The molecule has 88 valence electrons. The molecule has 1 aromatic rings. The van der Waals surface area contributed by atoms with Crippen molar-refractivity contribution in [1.82, 2.24) is 0 Å². The van der Waals surface area contributed by atoms with Crippen LogP contribution >= 0.6 is 11.3 Å². The molecule has 1 aliphatic rings. The van der Waals surface area contributed by atoms with E-state index < -0.39 is 0 Å². The predicted molar refractivity (Wildman–Crippen MR) is 65.7 cm³/mol. The fourth-order valence-corrected chi connectivity index (χ4v) is 2.69. The van der Waals surface area contributed by atoms with Crippen LogP contribution in [0, 0.1) is 0 Å². The van der Waals surface area contributed by atoms with Gasteiger partial charge in [-0.2, -0.15) is 11.3 Å². The number of ether oxygens (including phenoxy) is 1. The van der Waals surface area contributed by atoms with Crippen LogP contribution in [0.15, 0.2) is 40.0 Å². The van der Waals surface area contributed by atoms with Crippen molar-refractivity contribution in [2.75, 3.05) is 0 Å². The van der Waals surface area contributed by atoms with E-state index in [1.54, 1.807) is 18.3 Å². The molecule has 1 aliphatic heterocycles. The van der Waals surface area contributed by atoms with Crippen LogP contribution in [0.2, 0.25) is 0 Å². The van der Waals surface area contributed by atoms with Crippen LogP contribution in [0.25, 0.3) is 0 Å². The van der Waals surface area contributed by atoms with Gasteiger partial charge in [-0.25, -0.2) is 0 Å². The van der Waals surface area contributed by atoms with E-state index in [9.17, 15) is 9.59 Å². The summed E-state index contributed by atoms with van der Waals surface area (Å²) in [7, 11) is 0. The van der Waals surface area contributed by atoms with E-state index in [0.29, 0.717) is 16.9 Å². The number of allylic oxidation sites excluding steroid dienone is 3. The number of ketones is 1. The Bertz CT molecular complexity index is 509. The van der Waals surface area contributed by atoms with Crippen molar-refractivity contribution in [3.63, 3.8) is 0 Å². The number of carbonyl (C=O) groups excluding carboxylic acids is 2. The Kier molecular flexibility index (Phi) is 3.24. The molecule has 4 heteroatoms. The zero-order valence-electron chi connectivity index (χ0n) is 9.60. The second-order valence-electron chi connectivity index (χ2n) is 3.87. The van der Waals surface area contributed by atoms with Gasteiger partial charge in [0.25, 0.3) is 0 Å². The van der Waals surface area contributed by atoms with Crippen LogP contribution in [0.4, 0.5) is 0 Å². The highest BCUT2D eigenvalue weighted by atomic mass is 32.1. The van der Waals surface area contributed by atoms with Gasteiger partial charge in [0.15, 0.2) is 5.78 Å². The minimum Gasteiger partial charge on any atom is -0.469 e. The van der Waals surface area contributed by atoms with Gasteiger partial charge >= 0.3 is 0 Å². The Morgan fingerprint density at radius 1 is 1.53 bits per heavy atom. The van der Waals surface area contributed by atoms with Crippen LogP contribution in [-0.2, 0) is 14.3 Å². The maximum atomic E-state index is 11.7. The highest BCUT2D eigenvalue weighted by Crippen LogP contribution is 2.37. The summed E-state index contributed by atoms with van der Waals surface area (Å²) < 4.78 is 5.25. The van der Waals surface area contributed by atoms with Crippen molar-refractivity contribution in [3.05, 3.63) is 45.6 Å². The summed E-state index contributed by atoms with van der Waals surface area (Å²) in [6.07, 6.45) is 2.18. The van der Waals surface area contributed by atoms with E-state index >= 15 is 0 Å². The molecule has 2 rings (SSSR count). The third-order valence-corrected chi connectivity index (χ3v) is 3.47. The first kappa shape index (κ1) is 11.8. The molecule has 0 saturated heterocycles. The molecule has 0 aromatic carbocycles. The van der Waals surface area contributed by atoms with Crippen LogP contribution in [0.5, 0.6) is 0 Å². The maximum Gasteiger partial charge on any atom is 0.160 e. The molecule has 0 amide bonds. The van der Waals surface area contributed by atoms with Crippen LogP contribution in [0.1, 0.15) is 25.3 Å². The fourth-order valence-electron chi connectivity index (χ4n) is 2.00. The molecular formula is C13H12O3S. The highest BCUT2D eigenvalue weighted by Gasteiger charge is 2.30. The first-order valence-electron chi connectivity index (χ1n) is 5.21. The quantitative estimate of drug-likeness (QED) is 0.772. The third-order valence-electron chi connectivity index (χ3n) is 2.76. The first-order valence-corrected chi connectivity index (χ1v) is 6.15. The molecule has 2 heterocycles. The Balaban J connectivity index is 2.54. The Morgan fingerprint density at radius 3 is 2.82 bits per heavy atom. The van der Waals surface area contributed by atoms with Gasteiger partial charge in [-0.3, -0.25) is 9.59 Å². The summed E-state index contributed by atoms with van der Waals surface area (Å²) in [5.74, 6) is 0.218. The van der Waals surface area contributed by atoms with E-state index in [1.165, 1.54) is 13.2 Å². The van der Waals surface area contributed by atoms with E-state index in [0.717, 1.165) is 11.8 Å². The average molecular weight is 248 g/mol. The van der Waals surface area contributed by atoms with Gasteiger partial charge < -0.3 is 4.74 Å². The van der Waals surface area contributed by atoms with Gasteiger partial charge in [0.2, 0.25) is 0 Å². The lowest BCUT2D eigenvalue weighted by Crippen LogP contribution is -2.18. The lowest BCUT2D eigenvalue weighted by Gasteiger charge is -2.24. The molecule has 0 saturated carbocycles. The van der Waals surface area contributed by atoms with E-state index in [2.05, 4.69) is 0 Å². The van der Waals surface area contributed by atoms with Crippen molar-refractivity contribution in [2.24, 2.45) is 0 Å². The Labute approximate surface area is 103 Å². The topological polar surface area (TPSA) is 43.4 Å². The van der Waals surface area contributed by atoms with Gasteiger partial charge in [0.1, 0.15) is 12.0 Å². The zero-order chi connectivity index (χ0) is 12.4. The van der Waals surface area contributed by atoms with Gasteiger partial charge in [-0.1, -0.05) is 0 Å². The van der Waals surface area contributed by atoms with Crippen molar-refractivity contribution in [2.45, 2.75) is 19.8 Å². The van der Waals surface area contributed by atoms with Crippen molar-refractivity contribution in [1.29, 1.82) is 0 Å². The van der Waals surface area contributed by atoms with Crippen molar-refractivity contribution >= 4 is 23.4 Å². The summed E-state index contributed by atoms with van der Waals surface area (Å²) in [6, 6.07) is 1.92. The van der Waals surface area contributed by atoms with Crippen molar-refractivity contribution < 1.29 is 14.3 Å². The van der Waals surface area contributed by atoms with Crippen LogP contribution in [0.3, 0.4) is 0 Å². The number of carbonyl (C=O) groups is 2. The van der Waals surface area contributed by atoms with Crippen molar-refractivity contribution in [3.8, 4) is 0 Å². The second-order valence-corrected chi connectivity index (χ2v) is 4.65. The molecular weight excluding hydrogens is 236 g/mol. The van der Waals surface area contributed by atoms with E-state index in [1.807, 2.05) is 16.8 Å². The molecule has 3 nitrogen and oxygen atoms in total. The molecule has 17 heavy (non-hydrogen) atoms.